The molecule has 0 bridgehead atoms. The largest absolute Gasteiger partial charge is 0.378 e. The highest BCUT2D eigenvalue weighted by Crippen LogP contribution is 2.20. The van der Waals surface area contributed by atoms with E-state index in [-0.39, 0.29) is 6.29 Å². The molecule has 1 aromatic carbocycles. The van der Waals surface area contributed by atoms with Crippen molar-refractivity contribution in [1.82, 2.24) is 10.2 Å². The molecular formula is C11H15N3O2. The quantitative estimate of drug-likeness (QED) is 0.753. The van der Waals surface area contributed by atoms with E-state index in [0.29, 0.717) is 6.54 Å². The number of para-hydroxylation sites is 1. The number of fused-ring (bicyclic) bond motifs is 1. The van der Waals surface area contributed by atoms with E-state index < -0.39 is 0 Å². The van der Waals surface area contributed by atoms with E-state index >= 15 is 0 Å². The van der Waals surface area contributed by atoms with Crippen LogP contribution in [0.2, 0.25) is 0 Å². The van der Waals surface area contributed by atoms with Gasteiger partial charge in [0.05, 0.1) is 23.9 Å². The van der Waals surface area contributed by atoms with Crippen molar-refractivity contribution in [3.8, 4) is 0 Å². The van der Waals surface area contributed by atoms with Gasteiger partial charge in [0, 0.05) is 19.6 Å². The van der Waals surface area contributed by atoms with Gasteiger partial charge in [-0.05, 0) is 6.07 Å². The van der Waals surface area contributed by atoms with Crippen molar-refractivity contribution in [3.05, 3.63) is 24.4 Å². The molecule has 86 valence electrons. The van der Waals surface area contributed by atoms with Gasteiger partial charge in [-0.15, -0.1) is 0 Å². The van der Waals surface area contributed by atoms with E-state index in [1.807, 2.05) is 18.2 Å². The van der Waals surface area contributed by atoms with E-state index in [4.69, 9.17) is 9.47 Å². The van der Waals surface area contributed by atoms with Gasteiger partial charge in [0.25, 0.3) is 0 Å². The predicted octanol–water partition coefficient (Wildman–Crippen LogP) is 1.59. The van der Waals surface area contributed by atoms with Crippen molar-refractivity contribution < 1.29 is 9.47 Å². The number of anilines is 1. The van der Waals surface area contributed by atoms with Gasteiger partial charge >= 0.3 is 0 Å². The number of ether oxygens (including phenoxy) is 2. The first-order chi connectivity index (χ1) is 7.85. The normalized spacial score (nSPS) is 11.2. The van der Waals surface area contributed by atoms with E-state index in [9.17, 15) is 0 Å². The Morgan fingerprint density at radius 3 is 2.94 bits per heavy atom. The van der Waals surface area contributed by atoms with Crippen LogP contribution >= 0.6 is 0 Å². The second-order valence-electron chi connectivity index (χ2n) is 3.42. The molecule has 1 heterocycles. The van der Waals surface area contributed by atoms with E-state index in [1.165, 1.54) is 0 Å². The summed E-state index contributed by atoms with van der Waals surface area (Å²) in [6.45, 7) is 0.588. The molecular weight excluding hydrogens is 206 g/mol. The number of nitrogens with one attached hydrogen (secondary N) is 2. The molecule has 0 aliphatic rings. The molecule has 0 saturated heterocycles. The van der Waals surface area contributed by atoms with Crippen molar-refractivity contribution in [2.24, 2.45) is 0 Å². The number of aromatic nitrogens is 2. The standard InChI is InChI=1S/C11H15N3O2/c1-15-10(16-2)7-12-9-5-3-4-8-6-13-14-11(8)9/h3-6,10,12H,7H2,1-2H3,(H,13,14). The van der Waals surface area contributed by atoms with Crippen LogP contribution in [0.5, 0.6) is 0 Å². The van der Waals surface area contributed by atoms with Gasteiger partial charge in [-0.2, -0.15) is 5.10 Å². The van der Waals surface area contributed by atoms with Crippen molar-refractivity contribution in [2.45, 2.75) is 6.29 Å². The van der Waals surface area contributed by atoms with Crippen molar-refractivity contribution in [2.75, 3.05) is 26.1 Å². The third kappa shape index (κ3) is 2.15. The second-order valence-corrected chi connectivity index (χ2v) is 3.42. The molecule has 0 aliphatic heterocycles. The fraction of sp³-hybridized carbons (Fsp3) is 0.364. The molecule has 2 N–H and O–H groups in total. The number of methoxy groups -OCH3 is 2. The zero-order valence-corrected chi connectivity index (χ0v) is 9.36. The minimum atomic E-state index is -0.252. The van der Waals surface area contributed by atoms with Crippen molar-refractivity contribution >= 4 is 16.6 Å². The number of hydrogen-bond acceptors (Lipinski definition) is 4. The molecule has 0 radical (unpaired) electrons. The average molecular weight is 221 g/mol. The molecule has 0 saturated carbocycles. The fourth-order valence-corrected chi connectivity index (χ4v) is 1.57. The summed E-state index contributed by atoms with van der Waals surface area (Å²) < 4.78 is 10.2. The number of benzene rings is 1. The summed E-state index contributed by atoms with van der Waals surface area (Å²) in [5.41, 5.74) is 1.99. The molecule has 2 aromatic rings. The average Bonchev–Trinajstić information content (AvgIpc) is 2.79. The van der Waals surface area contributed by atoms with Gasteiger partial charge in [-0.3, -0.25) is 5.10 Å². The summed E-state index contributed by atoms with van der Waals surface area (Å²) in [7, 11) is 3.24. The van der Waals surface area contributed by atoms with Gasteiger partial charge in [0.2, 0.25) is 0 Å². The van der Waals surface area contributed by atoms with Crippen LogP contribution < -0.4 is 5.32 Å². The monoisotopic (exact) mass is 221 g/mol. The zero-order chi connectivity index (χ0) is 11.4. The van der Waals surface area contributed by atoms with Gasteiger partial charge in [0.1, 0.15) is 0 Å². The van der Waals surface area contributed by atoms with Crippen LogP contribution in [0.25, 0.3) is 10.9 Å². The lowest BCUT2D eigenvalue weighted by atomic mass is 10.2. The third-order valence-electron chi connectivity index (χ3n) is 2.46. The molecule has 0 amide bonds. The van der Waals surface area contributed by atoms with Gasteiger partial charge in [-0.1, -0.05) is 12.1 Å². The molecule has 0 spiro atoms. The first kappa shape index (κ1) is 10.9. The smallest absolute Gasteiger partial charge is 0.173 e. The van der Waals surface area contributed by atoms with Crippen LogP contribution in [0, 0.1) is 0 Å². The molecule has 1 aromatic heterocycles. The molecule has 16 heavy (non-hydrogen) atoms. The van der Waals surface area contributed by atoms with Gasteiger partial charge in [0.15, 0.2) is 6.29 Å². The van der Waals surface area contributed by atoms with Crippen LogP contribution in [-0.4, -0.2) is 37.3 Å². The molecule has 0 fully saturated rings. The Bertz CT molecular complexity index is 451. The Hall–Kier alpha value is -1.59. The summed E-state index contributed by atoms with van der Waals surface area (Å²) in [5, 5.41) is 11.3. The number of nitrogens with zero attached hydrogens (tertiary/aromatic N) is 1. The minimum Gasteiger partial charge on any atom is -0.378 e. The molecule has 2 rings (SSSR count). The number of rotatable bonds is 5. The van der Waals surface area contributed by atoms with Gasteiger partial charge < -0.3 is 14.8 Å². The Labute approximate surface area is 93.7 Å². The Kier molecular flexibility index (Phi) is 3.38. The summed E-state index contributed by atoms with van der Waals surface area (Å²) in [6.07, 6.45) is 1.54. The summed E-state index contributed by atoms with van der Waals surface area (Å²) in [4.78, 5) is 0. The predicted molar refractivity (Wildman–Crippen MR) is 62.4 cm³/mol. The first-order valence-electron chi connectivity index (χ1n) is 5.06. The van der Waals surface area contributed by atoms with Crippen LogP contribution in [0.1, 0.15) is 0 Å². The van der Waals surface area contributed by atoms with Crippen LogP contribution in [0.15, 0.2) is 24.4 Å². The highest BCUT2D eigenvalue weighted by atomic mass is 16.7. The number of aromatic amines is 1. The molecule has 0 aliphatic carbocycles. The van der Waals surface area contributed by atoms with Crippen LogP contribution in [0.3, 0.4) is 0 Å². The fourth-order valence-electron chi connectivity index (χ4n) is 1.57. The molecule has 5 heteroatoms. The maximum absolute atomic E-state index is 5.10. The topological polar surface area (TPSA) is 59.2 Å². The molecule has 0 atom stereocenters. The summed E-state index contributed by atoms with van der Waals surface area (Å²) in [5.74, 6) is 0. The highest BCUT2D eigenvalue weighted by molar-refractivity contribution is 5.89. The lowest BCUT2D eigenvalue weighted by molar-refractivity contribution is -0.0913. The second kappa shape index (κ2) is 4.96. The Morgan fingerprint density at radius 1 is 1.38 bits per heavy atom. The van der Waals surface area contributed by atoms with Crippen molar-refractivity contribution in [1.29, 1.82) is 0 Å². The minimum absolute atomic E-state index is 0.252. The van der Waals surface area contributed by atoms with Gasteiger partial charge in [-0.25, -0.2) is 0 Å². The molecule has 0 unspecified atom stereocenters. The van der Waals surface area contributed by atoms with E-state index in [2.05, 4.69) is 15.5 Å². The zero-order valence-electron chi connectivity index (χ0n) is 9.36. The summed E-state index contributed by atoms with van der Waals surface area (Å²) in [6, 6.07) is 5.98. The maximum atomic E-state index is 5.10. The lowest BCUT2D eigenvalue weighted by Crippen LogP contribution is -2.23. The maximum Gasteiger partial charge on any atom is 0.173 e. The highest BCUT2D eigenvalue weighted by Gasteiger charge is 2.06. The number of hydrogen-bond donors (Lipinski definition) is 2. The Balaban J connectivity index is 2.11. The number of H-pyrrole nitrogens is 1. The SMILES string of the molecule is COC(CNc1cccc2cn[nH]c12)OC. The van der Waals surface area contributed by atoms with Crippen LogP contribution in [0.4, 0.5) is 5.69 Å². The van der Waals surface area contributed by atoms with E-state index in [1.54, 1.807) is 20.4 Å². The van der Waals surface area contributed by atoms with E-state index in [0.717, 1.165) is 16.6 Å². The van der Waals surface area contributed by atoms with Crippen LogP contribution in [-0.2, 0) is 9.47 Å². The lowest BCUT2D eigenvalue weighted by Gasteiger charge is -2.15. The Morgan fingerprint density at radius 2 is 2.19 bits per heavy atom. The first-order valence-corrected chi connectivity index (χ1v) is 5.06. The third-order valence-corrected chi connectivity index (χ3v) is 2.46. The molecule has 5 nitrogen and oxygen atoms in total. The summed E-state index contributed by atoms with van der Waals surface area (Å²) >= 11 is 0. The van der Waals surface area contributed by atoms with Crippen molar-refractivity contribution in [3.63, 3.8) is 0 Å².